The van der Waals surface area contributed by atoms with Gasteiger partial charge in [0, 0.05) is 0 Å². The Morgan fingerprint density at radius 2 is 1.47 bits per heavy atom. The largest absolute Gasteiger partial charge is 0.488 e. The van der Waals surface area contributed by atoms with E-state index in [9.17, 15) is 10.0 Å². The molecular formula is C14H15BO2. The molecule has 2 N–H and O–H groups in total. The van der Waals surface area contributed by atoms with Gasteiger partial charge in [-0.3, -0.25) is 0 Å². The van der Waals surface area contributed by atoms with Gasteiger partial charge in [0.2, 0.25) is 0 Å². The lowest BCUT2D eigenvalue weighted by molar-refractivity contribution is 0.426. The summed E-state index contributed by atoms with van der Waals surface area (Å²) in [5.41, 5.74) is 3.45. The molecular weight excluding hydrogens is 211 g/mol. The van der Waals surface area contributed by atoms with Crippen molar-refractivity contribution in [1.29, 1.82) is 0 Å². The van der Waals surface area contributed by atoms with Gasteiger partial charge in [-0.05, 0) is 53.0 Å². The van der Waals surface area contributed by atoms with Crippen LogP contribution in [-0.2, 0) is 12.8 Å². The number of benzene rings is 2. The van der Waals surface area contributed by atoms with Crippen LogP contribution in [0.1, 0.15) is 24.0 Å². The molecule has 2 aromatic rings. The van der Waals surface area contributed by atoms with Gasteiger partial charge >= 0.3 is 7.12 Å². The van der Waals surface area contributed by atoms with Crippen LogP contribution < -0.4 is 5.46 Å². The van der Waals surface area contributed by atoms with Crippen molar-refractivity contribution in [3.8, 4) is 0 Å². The lowest BCUT2D eigenvalue weighted by atomic mass is 9.79. The van der Waals surface area contributed by atoms with Gasteiger partial charge in [0.05, 0.1) is 0 Å². The highest BCUT2D eigenvalue weighted by molar-refractivity contribution is 6.58. The van der Waals surface area contributed by atoms with Gasteiger partial charge in [0.25, 0.3) is 0 Å². The number of hydrogen-bond donors (Lipinski definition) is 2. The summed E-state index contributed by atoms with van der Waals surface area (Å²) in [6.45, 7) is 0. The number of hydrogen-bond acceptors (Lipinski definition) is 2. The Bertz CT molecular complexity index is 563. The van der Waals surface area contributed by atoms with Crippen LogP contribution in [0.2, 0.25) is 0 Å². The molecule has 0 saturated carbocycles. The summed E-state index contributed by atoms with van der Waals surface area (Å²) < 4.78 is 0. The SMILES string of the molecule is OB(O)c1ccc2cc3c(cc2c1)CCCC3. The molecule has 0 aliphatic heterocycles. The number of fused-ring (bicyclic) bond motifs is 2. The molecule has 0 radical (unpaired) electrons. The molecule has 0 amide bonds. The van der Waals surface area contributed by atoms with E-state index in [0.29, 0.717) is 5.46 Å². The second-order valence-electron chi connectivity index (χ2n) is 4.81. The van der Waals surface area contributed by atoms with E-state index >= 15 is 0 Å². The van der Waals surface area contributed by atoms with E-state index in [1.807, 2.05) is 12.1 Å². The Labute approximate surface area is 101 Å². The average molecular weight is 226 g/mol. The van der Waals surface area contributed by atoms with Crippen molar-refractivity contribution in [2.75, 3.05) is 0 Å². The smallest absolute Gasteiger partial charge is 0.423 e. The van der Waals surface area contributed by atoms with Crippen LogP contribution in [0.15, 0.2) is 30.3 Å². The average Bonchev–Trinajstić information content (AvgIpc) is 2.35. The van der Waals surface area contributed by atoms with Crippen LogP contribution in [0, 0.1) is 0 Å². The maximum absolute atomic E-state index is 9.18. The van der Waals surface area contributed by atoms with Gasteiger partial charge < -0.3 is 10.0 Å². The Morgan fingerprint density at radius 1 is 0.824 bits per heavy atom. The molecule has 3 rings (SSSR count). The molecule has 0 atom stereocenters. The molecule has 0 saturated heterocycles. The number of rotatable bonds is 1. The lowest BCUT2D eigenvalue weighted by Gasteiger charge is -2.16. The third-order valence-corrected chi connectivity index (χ3v) is 3.62. The Morgan fingerprint density at radius 3 is 2.12 bits per heavy atom. The summed E-state index contributed by atoms with van der Waals surface area (Å²) in [4.78, 5) is 0. The first-order valence-corrected chi connectivity index (χ1v) is 6.15. The van der Waals surface area contributed by atoms with E-state index < -0.39 is 7.12 Å². The van der Waals surface area contributed by atoms with Crippen LogP contribution in [0.5, 0.6) is 0 Å². The van der Waals surface area contributed by atoms with Gasteiger partial charge in [-0.2, -0.15) is 0 Å². The third-order valence-electron chi connectivity index (χ3n) is 3.62. The summed E-state index contributed by atoms with van der Waals surface area (Å²) >= 11 is 0. The minimum atomic E-state index is -1.38. The van der Waals surface area contributed by atoms with Crippen LogP contribution >= 0.6 is 0 Å². The molecule has 86 valence electrons. The van der Waals surface area contributed by atoms with Gasteiger partial charge in [-0.1, -0.05) is 30.3 Å². The predicted molar refractivity (Wildman–Crippen MR) is 70.4 cm³/mol. The van der Waals surface area contributed by atoms with E-state index in [1.54, 1.807) is 6.07 Å². The molecule has 17 heavy (non-hydrogen) atoms. The zero-order valence-electron chi connectivity index (χ0n) is 9.69. The van der Waals surface area contributed by atoms with Crippen molar-refractivity contribution in [3.63, 3.8) is 0 Å². The highest BCUT2D eigenvalue weighted by Gasteiger charge is 2.13. The highest BCUT2D eigenvalue weighted by Crippen LogP contribution is 2.26. The van der Waals surface area contributed by atoms with Crippen LogP contribution in [0.25, 0.3) is 10.8 Å². The standard InChI is InChI=1S/C14H15BO2/c16-15(17)14-6-5-12-7-10-3-1-2-4-11(10)8-13(12)9-14/h5-9,16-17H,1-4H2. The topological polar surface area (TPSA) is 40.5 Å². The van der Waals surface area contributed by atoms with E-state index in [-0.39, 0.29) is 0 Å². The van der Waals surface area contributed by atoms with E-state index in [4.69, 9.17) is 0 Å². The molecule has 0 fully saturated rings. The molecule has 1 aliphatic rings. The molecule has 2 aromatic carbocycles. The van der Waals surface area contributed by atoms with Crippen LogP contribution in [0.3, 0.4) is 0 Å². The van der Waals surface area contributed by atoms with Gasteiger partial charge in [-0.25, -0.2) is 0 Å². The molecule has 0 heterocycles. The summed E-state index contributed by atoms with van der Waals surface area (Å²) in [5.74, 6) is 0. The first-order chi connectivity index (χ1) is 8.24. The maximum Gasteiger partial charge on any atom is 0.488 e. The minimum Gasteiger partial charge on any atom is -0.423 e. The zero-order valence-corrected chi connectivity index (χ0v) is 9.69. The first kappa shape index (κ1) is 10.8. The summed E-state index contributed by atoms with van der Waals surface area (Å²) in [6, 6.07) is 10.1. The molecule has 1 aliphatic carbocycles. The number of aryl methyl sites for hydroxylation is 2. The Kier molecular flexibility index (Phi) is 2.65. The van der Waals surface area contributed by atoms with Crippen molar-refractivity contribution < 1.29 is 10.0 Å². The molecule has 0 aromatic heterocycles. The molecule has 0 bridgehead atoms. The molecule has 2 nitrogen and oxygen atoms in total. The Balaban J connectivity index is 2.16. The van der Waals surface area contributed by atoms with Crippen molar-refractivity contribution in [3.05, 3.63) is 41.5 Å². The zero-order chi connectivity index (χ0) is 11.8. The normalized spacial score (nSPS) is 14.7. The van der Waals surface area contributed by atoms with E-state index in [1.165, 1.54) is 35.8 Å². The van der Waals surface area contributed by atoms with Crippen LogP contribution in [-0.4, -0.2) is 17.2 Å². The minimum absolute atomic E-state index is 0.563. The van der Waals surface area contributed by atoms with E-state index in [2.05, 4.69) is 12.1 Å². The predicted octanol–water partition coefficient (Wildman–Crippen LogP) is 1.40. The monoisotopic (exact) mass is 226 g/mol. The van der Waals surface area contributed by atoms with E-state index in [0.717, 1.165) is 11.8 Å². The van der Waals surface area contributed by atoms with Crippen molar-refractivity contribution in [1.82, 2.24) is 0 Å². The summed E-state index contributed by atoms with van der Waals surface area (Å²) in [7, 11) is -1.38. The van der Waals surface area contributed by atoms with Gasteiger partial charge in [0.1, 0.15) is 0 Å². The third kappa shape index (κ3) is 1.96. The lowest BCUT2D eigenvalue weighted by Crippen LogP contribution is -2.29. The van der Waals surface area contributed by atoms with Crippen molar-refractivity contribution in [2.24, 2.45) is 0 Å². The van der Waals surface area contributed by atoms with Gasteiger partial charge in [-0.15, -0.1) is 0 Å². The maximum atomic E-state index is 9.18. The van der Waals surface area contributed by atoms with Crippen LogP contribution in [0.4, 0.5) is 0 Å². The fourth-order valence-electron chi connectivity index (χ4n) is 2.67. The fourth-order valence-corrected chi connectivity index (χ4v) is 2.67. The second kappa shape index (κ2) is 4.17. The quantitative estimate of drug-likeness (QED) is 0.721. The molecule has 3 heteroatoms. The highest BCUT2D eigenvalue weighted by atomic mass is 16.4. The van der Waals surface area contributed by atoms with Crippen molar-refractivity contribution >= 4 is 23.4 Å². The molecule has 0 unspecified atom stereocenters. The van der Waals surface area contributed by atoms with Crippen molar-refractivity contribution in [2.45, 2.75) is 25.7 Å². The molecule has 0 spiro atoms. The Hall–Kier alpha value is -1.32. The van der Waals surface area contributed by atoms with Gasteiger partial charge in [0.15, 0.2) is 0 Å². The fraction of sp³-hybridized carbons (Fsp3) is 0.286. The summed E-state index contributed by atoms with van der Waals surface area (Å²) in [5, 5.41) is 20.7. The summed E-state index contributed by atoms with van der Waals surface area (Å²) in [6.07, 6.45) is 4.87. The first-order valence-electron chi connectivity index (χ1n) is 6.15. The second-order valence-corrected chi connectivity index (χ2v) is 4.81.